The van der Waals surface area contributed by atoms with E-state index in [0.717, 1.165) is 11.0 Å². The van der Waals surface area contributed by atoms with Crippen molar-refractivity contribution in [2.45, 2.75) is 6.92 Å². The predicted molar refractivity (Wildman–Crippen MR) is 98.8 cm³/mol. The van der Waals surface area contributed by atoms with Gasteiger partial charge in [-0.05, 0) is 42.8 Å². The van der Waals surface area contributed by atoms with Crippen LogP contribution in [0, 0.1) is 18.3 Å². The maximum Gasteiger partial charge on any atom is 0.257 e. The molecule has 3 aromatic rings. The first-order valence-electron chi connectivity index (χ1n) is 7.67. The normalized spacial score (nSPS) is 11.4. The van der Waals surface area contributed by atoms with Gasteiger partial charge in [0.1, 0.15) is 5.82 Å². The molecule has 0 amide bonds. The van der Waals surface area contributed by atoms with E-state index in [0.29, 0.717) is 17.1 Å². The molecular formula is C18H15N5O2S. The summed E-state index contributed by atoms with van der Waals surface area (Å²) in [6.07, 6.45) is 1.50. The fourth-order valence-electron chi connectivity index (χ4n) is 2.23. The van der Waals surface area contributed by atoms with Gasteiger partial charge in [-0.15, -0.1) is 5.10 Å². The van der Waals surface area contributed by atoms with Gasteiger partial charge in [0.25, 0.3) is 10.0 Å². The van der Waals surface area contributed by atoms with E-state index >= 15 is 0 Å². The second-order valence-electron chi connectivity index (χ2n) is 5.41. The third kappa shape index (κ3) is 4.15. The van der Waals surface area contributed by atoms with Crippen LogP contribution in [-0.2, 0) is 10.0 Å². The van der Waals surface area contributed by atoms with Crippen molar-refractivity contribution in [1.82, 2.24) is 14.8 Å². The van der Waals surface area contributed by atoms with Crippen molar-refractivity contribution in [2.24, 2.45) is 0 Å². The molecule has 8 heteroatoms. The summed E-state index contributed by atoms with van der Waals surface area (Å²) < 4.78 is 28.5. The molecule has 1 aromatic heterocycles. The molecule has 26 heavy (non-hydrogen) atoms. The highest BCUT2D eigenvalue weighted by atomic mass is 32.2. The summed E-state index contributed by atoms with van der Waals surface area (Å²) in [6, 6.07) is 17.7. The molecule has 0 saturated carbocycles. The summed E-state index contributed by atoms with van der Waals surface area (Å²) in [6.45, 7) is 1.66. The minimum Gasteiger partial charge on any atom is -0.248 e. The van der Waals surface area contributed by atoms with Crippen molar-refractivity contribution < 1.29 is 8.42 Å². The van der Waals surface area contributed by atoms with Crippen LogP contribution in [0.5, 0.6) is 0 Å². The van der Waals surface area contributed by atoms with E-state index in [1.165, 1.54) is 10.8 Å². The molecule has 0 unspecified atom stereocenters. The number of nitriles is 1. The Morgan fingerprint density at radius 1 is 1.12 bits per heavy atom. The van der Waals surface area contributed by atoms with E-state index in [1.807, 2.05) is 24.3 Å². The fraction of sp³-hybridized carbons (Fsp3) is 0.0556. The third-order valence-electron chi connectivity index (χ3n) is 3.43. The zero-order valence-corrected chi connectivity index (χ0v) is 14.7. The van der Waals surface area contributed by atoms with Crippen molar-refractivity contribution >= 4 is 22.0 Å². The molecule has 0 saturated heterocycles. The zero-order valence-electron chi connectivity index (χ0n) is 13.9. The second-order valence-corrected chi connectivity index (χ2v) is 6.98. The van der Waals surface area contributed by atoms with Gasteiger partial charge in [-0.1, -0.05) is 30.3 Å². The monoisotopic (exact) mass is 365 g/mol. The van der Waals surface area contributed by atoms with E-state index in [4.69, 9.17) is 5.26 Å². The molecular weight excluding hydrogens is 350 g/mol. The molecule has 7 nitrogen and oxygen atoms in total. The Bertz CT molecular complexity index is 1080. The first-order valence-corrected chi connectivity index (χ1v) is 9.22. The standard InChI is InChI=1S/C18H15N5O2S/c1-14-20-18(23(21-14)17-9-7-16(13-19)8-10-17)22-26(24,25)12-11-15-5-3-2-4-6-15/h2-12H,1H3,(H,20,21,22)/b12-11+. The predicted octanol–water partition coefficient (Wildman–Crippen LogP) is 2.86. The Balaban J connectivity index is 1.88. The number of aryl methyl sites for hydroxylation is 1. The third-order valence-corrected chi connectivity index (χ3v) is 4.39. The number of rotatable bonds is 5. The number of hydrogen-bond donors (Lipinski definition) is 1. The van der Waals surface area contributed by atoms with Crippen molar-refractivity contribution in [2.75, 3.05) is 4.72 Å². The lowest BCUT2D eigenvalue weighted by atomic mass is 10.2. The number of sulfonamides is 1. The lowest BCUT2D eigenvalue weighted by molar-refractivity contribution is 0.609. The van der Waals surface area contributed by atoms with Crippen molar-refractivity contribution in [3.63, 3.8) is 0 Å². The molecule has 0 radical (unpaired) electrons. The molecule has 0 fully saturated rings. The summed E-state index contributed by atoms with van der Waals surface area (Å²) in [7, 11) is -3.77. The molecule has 1 N–H and O–H groups in total. The van der Waals surface area contributed by atoms with Gasteiger partial charge >= 0.3 is 0 Å². The molecule has 0 aliphatic heterocycles. The molecule has 0 spiro atoms. The molecule has 0 atom stereocenters. The van der Waals surface area contributed by atoms with Crippen molar-refractivity contribution in [3.8, 4) is 11.8 Å². The van der Waals surface area contributed by atoms with Gasteiger partial charge in [0, 0.05) is 0 Å². The summed E-state index contributed by atoms with van der Waals surface area (Å²) >= 11 is 0. The molecule has 0 aliphatic carbocycles. The number of aromatic nitrogens is 3. The highest BCUT2D eigenvalue weighted by Crippen LogP contribution is 2.16. The van der Waals surface area contributed by atoms with Gasteiger partial charge < -0.3 is 0 Å². The van der Waals surface area contributed by atoms with Crippen LogP contribution in [0.3, 0.4) is 0 Å². The van der Waals surface area contributed by atoms with E-state index < -0.39 is 10.0 Å². The van der Waals surface area contributed by atoms with Crippen LogP contribution in [0.15, 0.2) is 60.0 Å². The Morgan fingerprint density at radius 2 is 1.81 bits per heavy atom. The molecule has 0 aliphatic rings. The Labute approximate surface area is 151 Å². The number of nitrogens with zero attached hydrogens (tertiary/aromatic N) is 4. The average molecular weight is 365 g/mol. The highest BCUT2D eigenvalue weighted by molar-refractivity contribution is 7.95. The topological polar surface area (TPSA) is 101 Å². The van der Waals surface area contributed by atoms with E-state index in [-0.39, 0.29) is 5.95 Å². The average Bonchev–Trinajstić information content (AvgIpc) is 3.00. The highest BCUT2D eigenvalue weighted by Gasteiger charge is 2.15. The SMILES string of the molecule is Cc1nc(NS(=O)(=O)/C=C/c2ccccc2)n(-c2ccc(C#N)cc2)n1. The summed E-state index contributed by atoms with van der Waals surface area (Å²) in [5.74, 6) is 0.490. The Morgan fingerprint density at radius 3 is 2.46 bits per heavy atom. The lowest BCUT2D eigenvalue weighted by Crippen LogP contribution is -2.13. The van der Waals surface area contributed by atoms with Crippen LogP contribution < -0.4 is 4.72 Å². The van der Waals surface area contributed by atoms with Crippen molar-refractivity contribution in [3.05, 3.63) is 77.0 Å². The quantitative estimate of drug-likeness (QED) is 0.749. The van der Waals surface area contributed by atoms with Gasteiger partial charge in [0.15, 0.2) is 0 Å². The van der Waals surface area contributed by atoms with Crippen LogP contribution in [0.4, 0.5) is 5.95 Å². The van der Waals surface area contributed by atoms with Crippen LogP contribution >= 0.6 is 0 Å². The number of benzene rings is 2. The van der Waals surface area contributed by atoms with Crippen molar-refractivity contribution in [1.29, 1.82) is 5.26 Å². The minimum atomic E-state index is -3.77. The second kappa shape index (κ2) is 7.21. The first kappa shape index (κ1) is 17.4. The van der Waals surface area contributed by atoms with Gasteiger partial charge in [0.2, 0.25) is 5.95 Å². The Hall–Kier alpha value is -3.44. The molecule has 1 heterocycles. The number of nitrogens with one attached hydrogen (secondary N) is 1. The summed E-state index contributed by atoms with van der Waals surface area (Å²) in [5.41, 5.74) is 1.86. The Kier molecular flexibility index (Phi) is 4.82. The minimum absolute atomic E-state index is 0.0740. The summed E-state index contributed by atoms with van der Waals surface area (Å²) in [4.78, 5) is 4.13. The smallest absolute Gasteiger partial charge is 0.248 e. The fourth-order valence-corrected chi connectivity index (χ4v) is 3.02. The zero-order chi connectivity index (χ0) is 18.6. The lowest BCUT2D eigenvalue weighted by Gasteiger charge is -2.07. The van der Waals surface area contributed by atoms with Crippen LogP contribution in [0.1, 0.15) is 17.0 Å². The van der Waals surface area contributed by atoms with Gasteiger partial charge in [-0.2, -0.15) is 14.9 Å². The molecule has 3 rings (SSSR count). The van der Waals surface area contributed by atoms with Gasteiger partial charge in [0.05, 0.1) is 22.7 Å². The molecule has 130 valence electrons. The van der Waals surface area contributed by atoms with Gasteiger partial charge in [-0.25, -0.2) is 13.1 Å². The van der Waals surface area contributed by atoms with Crippen LogP contribution in [0.2, 0.25) is 0 Å². The molecule has 0 bridgehead atoms. The van der Waals surface area contributed by atoms with Crippen LogP contribution in [-0.4, -0.2) is 23.2 Å². The van der Waals surface area contributed by atoms with Gasteiger partial charge in [-0.3, -0.25) is 0 Å². The largest absolute Gasteiger partial charge is 0.257 e. The van der Waals surface area contributed by atoms with E-state index in [9.17, 15) is 8.42 Å². The molecule has 2 aromatic carbocycles. The number of hydrogen-bond acceptors (Lipinski definition) is 5. The first-order chi connectivity index (χ1) is 12.5. The number of anilines is 1. The van der Waals surface area contributed by atoms with E-state index in [1.54, 1.807) is 43.3 Å². The van der Waals surface area contributed by atoms with E-state index in [2.05, 4.69) is 14.8 Å². The van der Waals surface area contributed by atoms with Crippen LogP contribution in [0.25, 0.3) is 11.8 Å². The maximum atomic E-state index is 12.3. The summed E-state index contributed by atoms with van der Waals surface area (Å²) in [5, 5.41) is 14.2. The maximum absolute atomic E-state index is 12.3.